The monoisotopic (exact) mass is 298 g/mol. The van der Waals surface area contributed by atoms with Crippen LogP contribution in [0.1, 0.15) is 11.1 Å². The van der Waals surface area contributed by atoms with Crippen LogP contribution in [0.4, 0.5) is 5.69 Å². The van der Waals surface area contributed by atoms with Crippen molar-refractivity contribution in [2.45, 2.75) is 6.10 Å². The Labute approximate surface area is 126 Å². The first kappa shape index (κ1) is 12.5. The maximum absolute atomic E-state index is 6.06. The van der Waals surface area contributed by atoms with Crippen LogP contribution in [0.5, 0.6) is 11.5 Å². The summed E-state index contributed by atoms with van der Waals surface area (Å²) >= 11 is 1.65. The molecular weight excluding hydrogens is 284 g/mol. The average Bonchev–Trinajstić information content (AvgIpc) is 2.97. The van der Waals surface area contributed by atoms with Gasteiger partial charge in [-0.05, 0) is 30.3 Å². The lowest BCUT2D eigenvalue weighted by molar-refractivity contribution is 0.210. The maximum Gasteiger partial charge on any atom is 0.167 e. The third kappa shape index (κ3) is 2.19. The number of anilines is 1. The smallest absolute Gasteiger partial charge is 0.167 e. The van der Waals surface area contributed by atoms with E-state index in [0.29, 0.717) is 0 Å². The van der Waals surface area contributed by atoms with Crippen molar-refractivity contribution in [3.63, 3.8) is 0 Å². The number of aromatic nitrogens is 1. The first-order valence-electron chi connectivity index (χ1n) is 6.77. The van der Waals surface area contributed by atoms with Crippen molar-refractivity contribution >= 4 is 27.2 Å². The Morgan fingerprint density at radius 2 is 2.19 bits per heavy atom. The third-order valence-electron chi connectivity index (χ3n) is 3.52. The van der Waals surface area contributed by atoms with Gasteiger partial charge in [0.25, 0.3) is 0 Å². The minimum atomic E-state index is -0.0525. The molecule has 2 aromatic carbocycles. The van der Waals surface area contributed by atoms with E-state index in [2.05, 4.69) is 10.3 Å². The second-order valence-corrected chi connectivity index (χ2v) is 5.93. The average molecular weight is 298 g/mol. The van der Waals surface area contributed by atoms with Gasteiger partial charge in [-0.1, -0.05) is 12.1 Å². The van der Waals surface area contributed by atoms with E-state index >= 15 is 0 Å². The summed E-state index contributed by atoms with van der Waals surface area (Å²) in [7, 11) is 1.67. The van der Waals surface area contributed by atoms with Crippen molar-refractivity contribution in [2.75, 3.05) is 19.0 Å². The number of methoxy groups -OCH3 is 1. The second-order valence-electron chi connectivity index (χ2n) is 4.87. The Bertz CT molecular complexity index is 800. The molecule has 1 aromatic heterocycles. The Morgan fingerprint density at radius 1 is 1.29 bits per heavy atom. The molecule has 1 atom stereocenters. The van der Waals surface area contributed by atoms with Crippen molar-refractivity contribution in [3.05, 3.63) is 47.5 Å². The molecule has 5 heteroatoms. The van der Waals surface area contributed by atoms with Gasteiger partial charge in [-0.15, -0.1) is 11.3 Å². The van der Waals surface area contributed by atoms with Crippen LogP contribution in [0.15, 0.2) is 42.5 Å². The topological polar surface area (TPSA) is 43.4 Å². The van der Waals surface area contributed by atoms with Crippen molar-refractivity contribution in [1.82, 2.24) is 4.98 Å². The van der Waals surface area contributed by atoms with Gasteiger partial charge in [0.05, 0.1) is 29.6 Å². The van der Waals surface area contributed by atoms with E-state index in [4.69, 9.17) is 9.47 Å². The molecule has 1 aliphatic heterocycles. The lowest BCUT2D eigenvalue weighted by Crippen LogP contribution is -2.23. The van der Waals surface area contributed by atoms with Crippen LogP contribution in [0, 0.1) is 0 Å². The van der Waals surface area contributed by atoms with E-state index in [1.807, 2.05) is 42.5 Å². The SMILES string of the molecule is COc1ccc2nc(C3CNc4ccccc4O3)sc2c1. The number of thiazole rings is 1. The summed E-state index contributed by atoms with van der Waals surface area (Å²) in [6.07, 6.45) is -0.0525. The maximum atomic E-state index is 6.06. The highest BCUT2D eigenvalue weighted by molar-refractivity contribution is 7.18. The van der Waals surface area contributed by atoms with Crippen LogP contribution in [0.2, 0.25) is 0 Å². The summed E-state index contributed by atoms with van der Waals surface area (Å²) in [5.74, 6) is 1.73. The molecule has 1 aliphatic rings. The largest absolute Gasteiger partial charge is 0.497 e. The fourth-order valence-corrected chi connectivity index (χ4v) is 3.46. The molecule has 0 spiro atoms. The molecule has 0 aliphatic carbocycles. The van der Waals surface area contributed by atoms with Gasteiger partial charge >= 0.3 is 0 Å². The molecule has 0 fully saturated rings. The fourth-order valence-electron chi connectivity index (χ4n) is 2.44. The number of nitrogens with one attached hydrogen (secondary N) is 1. The number of hydrogen-bond acceptors (Lipinski definition) is 5. The quantitative estimate of drug-likeness (QED) is 0.780. The summed E-state index contributed by atoms with van der Waals surface area (Å²) in [5.41, 5.74) is 2.02. The standard InChI is InChI=1S/C16H14N2O2S/c1-19-10-6-7-12-15(8-10)21-16(18-12)14-9-17-11-4-2-3-5-13(11)20-14/h2-8,14,17H,9H2,1H3. The Balaban J connectivity index is 1.68. The fraction of sp³-hybridized carbons (Fsp3) is 0.188. The number of hydrogen-bond donors (Lipinski definition) is 1. The lowest BCUT2D eigenvalue weighted by atomic mass is 10.2. The van der Waals surface area contributed by atoms with Crippen molar-refractivity contribution in [2.24, 2.45) is 0 Å². The van der Waals surface area contributed by atoms with E-state index < -0.39 is 0 Å². The van der Waals surface area contributed by atoms with Crippen molar-refractivity contribution in [3.8, 4) is 11.5 Å². The van der Waals surface area contributed by atoms with Crippen molar-refractivity contribution < 1.29 is 9.47 Å². The van der Waals surface area contributed by atoms with E-state index in [-0.39, 0.29) is 6.10 Å². The highest BCUT2D eigenvalue weighted by Gasteiger charge is 2.23. The predicted octanol–water partition coefficient (Wildman–Crippen LogP) is 3.85. The highest BCUT2D eigenvalue weighted by Crippen LogP contribution is 2.36. The number of ether oxygens (including phenoxy) is 2. The van der Waals surface area contributed by atoms with E-state index in [1.54, 1.807) is 18.4 Å². The first-order chi connectivity index (χ1) is 10.3. The van der Waals surface area contributed by atoms with Crippen LogP contribution in [0.3, 0.4) is 0 Å². The summed E-state index contributed by atoms with van der Waals surface area (Å²) in [6, 6.07) is 13.9. The first-order valence-corrected chi connectivity index (χ1v) is 7.59. The molecule has 106 valence electrons. The van der Waals surface area contributed by atoms with Crippen molar-refractivity contribution in [1.29, 1.82) is 0 Å². The minimum Gasteiger partial charge on any atom is -0.497 e. The number of fused-ring (bicyclic) bond motifs is 2. The summed E-state index contributed by atoms with van der Waals surface area (Å²) < 4.78 is 12.4. The van der Waals surface area contributed by atoms with Crippen LogP contribution >= 0.6 is 11.3 Å². The van der Waals surface area contributed by atoms with Crippen LogP contribution < -0.4 is 14.8 Å². The summed E-state index contributed by atoms with van der Waals surface area (Å²) in [6.45, 7) is 0.730. The number of benzene rings is 2. The highest BCUT2D eigenvalue weighted by atomic mass is 32.1. The molecular formula is C16H14N2O2S. The Kier molecular flexibility index (Phi) is 2.93. The number of nitrogens with zero attached hydrogens (tertiary/aromatic N) is 1. The summed E-state index contributed by atoms with van der Waals surface area (Å²) in [5, 5.41) is 4.38. The summed E-state index contributed by atoms with van der Waals surface area (Å²) in [4.78, 5) is 4.68. The molecule has 4 nitrogen and oxygen atoms in total. The van der Waals surface area contributed by atoms with Gasteiger partial charge in [-0.3, -0.25) is 0 Å². The normalized spacial score (nSPS) is 16.9. The molecule has 0 radical (unpaired) electrons. The van der Waals surface area contributed by atoms with Gasteiger partial charge in [0, 0.05) is 0 Å². The minimum absolute atomic E-state index is 0.0525. The number of rotatable bonds is 2. The predicted molar refractivity (Wildman–Crippen MR) is 84.5 cm³/mol. The Hall–Kier alpha value is -2.27. The van der Waals surface area contributed by atoms with Gasteiger partial charge < -0.3 is 14.8 Å². The molecule has 4 rings (SSSR count). The molecule has 1 unspecified atom stereocenters. The molecule has 1 N–H and O–H groups in total. The molecule has 0 bridgehead atoms. The van der Waals surface area contributed by atoms with Crippen LogP contribution in [-0.4, -0.2) is 18.6 Å². The van der Waals surface area contributed by atoms with Crippen LogP contribution in [-0.2, 0) is 0 Å². The molecule has 0 saturated heterocycles. The van der Waals surface area contributed by atoms with Crippen LogP contribution in [0.25, 0.3) is 10.2 Å². The molecule has 3 aromatic rings. The van der Waals surface area contributed by atoms with Gasteiger partial charge in [0.15, 0.2) is 6.10 Å². The lowest BCUT2D eigenvalue weighted by Gasteiger charge is -2.25. The molecule has 21 heavy (non-hydrogen) atoms. The molecule has 0 saturated carbocycles. The van der Waals surface area contributed by atoms with E-state index in [9.17, 15) is 0 Å². The zero-order valence-electron chi connectivity index (χ0n) is 11.5. The zero-order chi connectivity index (χ0) is 14.2. The Morgan fingerprint density at radius 3 is 3.10 bits per heavy atom. The zero-order valence-corrected chi connectivity index (χ0v) is 12.3. The van der Waals surface area contributed by atoms with Gasteiger partial charge in [0.1, 0.15) is 16.5 Å². The number of para-hydroxylation sites is 2. The molecule has 0 amide bonds. The van der Waals surface area contributed by atoms with E-state index in [1.165, 1.54) is 0 Å². The van der Waals surface area contributed by atoms with Gasteiger partial charge in [-0.25, -0.2) is 4.98 Å². The molecule has 2 heterocycles. The van der Waals surface area contributed by atoms with E-state index in [0.717, 1.165) is 39.0 Å². The van der Waals surface area contributed by atoms with Gasteiger partial charge in [0.2, 0.25) is 0 Å². The third-order valence-corrected chi connectivity index (χ3v) is 4.63. The van der Waals surface area contributed by atoms with Gasteiger partial charge in [-0.2, -0.15) is 0 Å². The second kappa shape index (κ2) is 4.93.